The third-order valence-electron chi connectivity index (χ3n) is 4.94. The molecule has 3 rings (SSSR count). The third-order valence-corrected chi connectivity index (χ3v) is 4.94. The molecule has 11 nitrogen and oxygen atoms in total. The normalized spacial score (nSPS) is 19.2. The first-order chi connectivity index (χ1) is 15.3. The summed E-state index contributed by atoms with van der Waals surface area (Å²) in [6.07, 6.45) is 0. The zero-order valence-corrected chi connectivity index (χ0v) is 17.8. The summed E-state index contributed by atoms with van der Waals surface area (Å²) in [5, 5.41) is 0. The number of carbonyl (C=O) groups is 5. The van der Waals surface area contributed by atoms with E-state index in [1.54, 1.807) is 6.07 Å². The first-order valence-corrected chi connectivity index (χ1v) is 9.66. The fourth-order valence-corrected chi connectivity index (χ4v) is 3.74. The molecule has 2 aliphatic rings. The molecule has 2 aliphatic heterocycles. The summed E-state index contributed by atoms with van der Waals surface area (Å²) >= 11 is 0. The molecule has 0 fully saturated rings. The SMILES string of the molecule is CCOC(=O)C(C(=O)OCC)N1C(=O)C2(OC(=O)C(OC)=C2C(=O)OC)c2ccccc21. The largest absolute Gasteiger partial charge is 0.489 e. The Morgan fingerprint density at radius 3 is 2.16 bits per heavy atom. The van der Waals surface area contributed by atoms with Crippen molar-refractivity contribution in [3.05, 3.63) is 41.2 Å². The van der Waals surface area contributed by atoms with Crippen molar-refractivity contribution in [1.82, 2.24) is 0 Å². The summed E-state index contributed by atoms with van der Waals surface area (Å²) < 4.78 is 25.2. The van der Waals surface area contributed by atoms with Gasteiger partial charge >= 0.3 is 23.9 Å². The second-order valence-corrected chi connectivity index (χ2v) is 6.57. The molecule has 11 heteroatoms. The average molecular weight is 447 g/mol. The summed E-state index contributed by atoms with van der Waals surface area (Å²) in [6, 6.07) is 4.10. The molecule has 32 heavy (non-hydrogen) atoms. The van der Waals surface area contributed by atoms with E-state index >= 15 is 0 Å². The van der Waals surface area contributed by atoms with Crippen molar-refractivity contribution in [3.8, 4) is 0 Å². The Labute approximate surface area is 182 Å². The van der Waals surface area contributed by atoms with Gasteiger partial charge in [-0.2, -0.15) is 0 Å². The minimum atomic E-state index is -2.32. The van der Waals surface area contributed by atoms with E-state index in [9.17, 15) is 24.0 Å². The van der Waals surface area contributed by atoms with Crippen LogP contribution in [0.4, 0.5) is 5.69 Å². The highest BCUT2D eigenvalue weighted by molar-refractivity contribution is 6.23. The van der Waals surface area contributed by atoms with Gasteiger partial charge in [0.15, 0.2) is 0 Å². The monoisotopic (exact) mass is 447 g/mol. The van der Waals surface area contributed by atoms with Crippen molar-refractivity contribution < 1.29 is 47.7 Å². The molecule has 2 heterocycles. The molecule has 170 valence electrons. The Kier molecular flexibility index (Phi) is 6.19. The maximum Gasteiger partial charge on any atom is 0.376 e. The summed E-state index contributed by atoms with van der Waals surface area (Å²) in [6.45, 7) is 2.92. The molecule has 1 aromatic carbocycles. The van der Waals surface area contributed by atoms with Crippen LogP contribution in [0, 0.1) is 0 Å². The number of nitrogens with zero attached hydrogens (tertiary/aromatic N) is 1. The molecule has 0 aliphatic carbocycles. The van der Waals surface area contributed by atoms with Gasteiger partial charge in [0.05, 0.1) is 33.1 Å². The van der Waals surface area contributed by atoms with Crippen molar-refractivity contribution in [2.75, 3.05) is 32.3 Å². The quantitative estimate of drug-likeness (QED) is 0.327. The van der Waals surface area contributed by atoms with Gasteiger partial charge in [0, 0.05) is 5.56 Å². The number of para-hydroxylation sites is 1. The highest BCUT2D eigenvalue weighted by Gasteiger charge is 2.67. The number of hydrogen-bond donors (Lipinski definition) is 0. The number of rotatable bonds is 7. The molecular weight excluding hydrogens is 426 g/mol. The van der Waals surface area contributed by atoms with E-state index in [4.69, 9.17) is 23.7 Å². The first-order valence-electron chi connectivity index (χ1n) is 9.66. The first kappa shape index (κ1) is 22.8. The topological polar surface area (TPSA) is 135 Å². The lowest BCUT2D eigenvalue weighted by Crippen LogP contribution is -2.54. The average Bonchev–Trinajstić information content (AvgIpc) is 3.20. The van der Waals surface area contributed by atoms with Gasteiger partial charge in [0.2, 0.25) is 11.8 Å². The maximum atomic E-state index is 13.8. The zero-order chi connectivity index (χ0) is 23.6. The smallest absolute Gasteiger partial charge is 0.376 e. The molecule has 1 unspecified atom stereocenters. The molecule has 1 spiro atoms. The zero-order valence-electron chi connectivity index (χ0n) is 17.8. The number of anilines is 1. The molecule has 0 radical (unpaired) electrons. The Bertz CT molecular complexity index is 1010. The van der Waals surface area contributed by atoms with Crippen molar-refractivity contribution in [1.29, 1.82) is 0 Å². The highest BCUT2D eigenvalue weighted by Crippen LogP contribution is 2.52. The van der Waals surface area contributed by atoms with E-state index in [2.05, 4.69) is 0 Å². The van der Waals surface area contributed by atoms with Crippen LogP contribution < -0.4 is 4.90 Å². The number of carbonyl (C=O) groups excluding carboxylic acids is 5. The van der Waals surface area contributed by atoms with Crippen molar-refractivity contribution in [2.24, 2.45) is 0 Å². The lowest BCUT2D eigenvalue weighted by molar-refractivity contribution is -0.161. The number of benzene rings is 1. The molecular formula is C21H21NO10. The molecule has 1 aromatic rings. The van der Waals surface area contributed by atoms with Gasteiger partial charge in [-0.3, -0.25) is 9.69 Å². The number of methoxy groups -OCH3 is 2. The summed E-state index contributed by atoms with van der Waals surface area (Å²) in [7, 11) is 2.18. The van der Waals surface area contributed by atoms with Gasteiger partial charge in [-0.1, -0.05) is 18.2 Å². The lowest BCUT2D eigenvalue weighted by Gasteiger charge is -2.27. The van der Waals surface area contributed by atoms with Gasteiger partial charge in [-0.05, 0) is 19.9 Å². The Balaban J connectivity index is 2.28. The van der Waals surface area contributed by atoms with Crippen molar-refractivity contribution in [2.45, 2.75) is 25.5 Å². The van der Waals surface area contributed by atoms with E-state index in [0.717, 1.165) is 19.1 Å². The van der Waals surface area contributed by atoms with Crippen LogP contribution in [0.2, 0.25) is 0 Å². The molecule has 0 saturated heterocycles. The fourth-order valence-electron chi connectivity index (χ4n) is 3.74. The molecule has 0 saturated carbocycles. The third kappa shape index (κ3) is 3.17. The summed E-state index contributed by atoms with van der Waals surface area (Å²) in [5.41, 5.74) is -2.72. The number of esters is 4. The Hall–Kier alpha value is -3.89. The van der Waals surface area contributed by atoms with Crippen LogP contribution >= 0.6 is 0 Å². The summed E-state index contributed by atoms with van der Waals surface area (Å²) in [4.78, 5) is 65.2. The van der Waals surface area contributed by atoms with Crippen LogP contribution in [0.25, 0.3) is 0 Å². The van der Waals surface area contributed by atoms with Gasteiger partial charge < -0.3 is 23.7 Å². The number of hydrogen-bond acceptors (Lipinski definition) is 10. The predicted molar refractivity (Wildman–Crippen MR) is 105 cm³/mol. The molecule has 1 amide bonds. The number of fused-ring (bicyclic) bond motifs is 2. The number of ether oxygens (including phenoxy) is 5. The van der Waals surface area contributed by atoms with Crippen LogP contribution in [-0.2, 0) is 53.3 Å². The van der Waals surface area contributed by atoms with Gasteiger partial charge in [-0.25, -0.2) is 19.2 Å². The second-order valence-electron chi connectivity index (χ2n) is 6.57. The van der Waals surface area contributed by atoms with Crippen LogP contribution in [0.3, 0.4) is 0 Å². The Morgan fingerprint density at radius 1 is 1.03 bits per heavy atom. The van der Waals surface area contributed by atoms with Crippen LogP contribution in [0.1, 0.15) is 19.4 Å². The van der Waals surface area contributed by atoms with Crippen LogP contribution in [0.5, 0.6) is 0 Å². The lowest BCUT2D eigenvalue weighted by atomic mass is 9.87. The van der Waals surface area contributed by atoms with E-state index in [1.807, 2.05) is 0 Å². The van der Waals surface area contributed by atoms with Gasteiger partial charge in [-0.15, -0.1) is 0 Å². The minimum Gasteiger partial charge on any atom is -0.489 e. The van der Waals surface area contributed by atoms with E-state index < -0.39 is 52.8 Å². The van der Waals surface area contributed by atoms with Crippen LogP contribution in [0.15, 0.2) is 35.6 Å². The number of amides is 1. The fraction of sp³-hybridized carbons (Fsp3) is 0.381. The summed E-state index contributed by atoms with van der Waals surface area (Å²) in [5.74, 6) is -5.81. The van der Waals surface area contributed by atoms with Crippen LogP contribution in [-0.4, -0.2) is 63.3 Å². The minimum absolute atomic E-state index is 0.0457. The maximum absolute atomic E-state index is 13.8. The molecule has 1 atom stereocenters. The highest BCUT2D eigenvalue weighted by atomic mass is 16.6. The second kappa shape index (κ2) is 8.69. The van der Waals surface area contributed by atoms with E-state index in [0.29, 0.717) is 0 Å². The van der Waals surface area contributed by atoms with Crippen molar-refractivity contribution in [3.63, 3.8) is 0 Å². The van der Waals surface area contributed by atoms with E-state index in [1.165, 1.54) is 32.0 Å². The van der Waals surface area contributed by atoms with Gasteiger partial charge in [0.25, 0.3) is 11.5 Å². The molecule has 0 bridgehead atoms. The molecule has 0 aromatic heterocycles. The Morgan fingerprint density at radius 2 is 1.62 bits per heavy atom. The van der Waals surface area contributed by atoms with E-state index in [-0.39, 0.29) is 24.5 Å². The predicted octanol–water partition coefficient (Wildman–Crippen LogP) is 0.354. The standard InChI is InChI=1S/C21H21NO10/c1-5-30-17(24)14(18(25)31-6-2)22-12-10-8-7-9-11(12)21(20(22)27)13(16(23)29-4)15(28-3)19(26)32-21/h7-10,14H,5-6H2,1-4H3. The van der Waals surface area contributed by atoms with Crippen molar-refractivity contribution >= 4 is 35.5 Å². The van der Waals surface area contributed by atoms with Gasteiger partial charge in [0.1, 0.15) is 5.57 Å². The molecule has 0 N–H and O–H groups in total.